The van der Waals surface area contributed by atoms with Crippen LogP contribution in [-0.2, 0) is 19.4 Å². The Morgan fingerprint density at radius 2 is 2.08 bits per heavy atom. The highest BCUT2D eigenvalue weighted by molar-refractivity contribution is 7.17. The molecule has 0 saturated heterocycles. The lowest BCUT2D eigenvalue weighted by atomic mass is 9.99. The number of amides is 1. The summed E-state index contributed by atoms with van der Waals surface area (Å²) in [5, 5.41) is 0. The number of nitrogens with zero attached hydrogens (tertiary/aromatic N) is 3. The van der Waals surface area contributed by atoms with Crippen LogP contribution in [0.1, 0.15) is 49.2 Å². The van der Waals surface area contributed by atoms with Gasteiger partial charge in [-0.3, -0.25) is 9.20 Å². The van der Waals surface area contributed by atoms with Crippen LogP contribution in [0.25, 0.3) is 4.96 Å². The lowest BCUT2D eigenvalue weighted by Crippen LogP contribution is -2.26. The molecule has 0 saturated carbocycles. The van der Waals surface area contributed by atoms with Crippen LogP contribution in [-0.4, -0.2) is 27.2 Å². The number of thiophene rings is 1. The van der Waals surface area contributed by atoms with E-state index in [2.05, 4.69) is 28.6 Å². The van der Waals surface area contributed by atoms with E-state index < -0.39 is 0 Å². The lowest BCUT2D eigenvalue weighted by Gasteiger charge is -2.16. The first kappa shape index (κ1) is 15.8. The van der Waals surface area contributed by atoms with Crippen LogP contribution < -0.4 is 0 Å². The molecule has 1 amide bonds. The Labute approximate surface area is 149 Å². The summed E-state index contributed by atoms with van der Waals surface area (Å²) >= 11 is 3.37. The van der Waals surface area contributed by atoms with Gasteiger partial charge in [-0.1, -0.05) is 0 Å². The highest BCUT2D eigenvalue weighted by Gasteiger charge is 2.21. The van der Waals surface area contributed by atoms with E-state index in [4.69, 9.17) is 0 Å². The smallest absolute Gasteiger partial charge is 0.264 e. The second kappa shape index (κ2) is 6.01. The molecule has 24 heavy (non-hydrogen) atoms. The molecule has 3 aromatic heterocycles. The molecular weight excluding hydrogens is 338 g/mol. The predicted molar refractivity (Wildman–Crippen MR) is 99.3 cm³/mol. The topological polar surface area (TPSA) is 37.6 Å². The van der Waals surface area contributed by atoms with E-state index in [1.165, 1.54) is 28.2 Å². The van der Waals surface area contributed by atoms with E-state index in [9.17, 15) is 4.79 Å². The Kier molecular flexibility index (Phi) is 3.96. The van der Waals surface area contributed by atoms with E-state index in [1.807, 2.05) is 18.9 Å². The maximum atomic E-state index is 12.9. The second-order valence-electron chi connectivity index (χ2n) is 6.57. The molecule has 0 spiro atoms. The Balaban J connectivity index is 1.58. The van der Waals surface area contributed by atoms with Crippen molar-refractivity contribution in [1.29, 1.82) is 0 Å². The third kappa shape index (κ3) is 2.67. The van der Waals surface area contributed by atoms with Gasteiger partial charge < -0.3 is 4.90 Å². The normalized spacial score (nSPS) is 14.1. The van der Waals surface area contributed by atoms with Gasteiger partial charge in [0.05, 0.1) is 22.8 Å². The molecule has 0 N–H and O–H groups in total. The largest absolute Gasteiger partial charge is 0.335 e. The van der Waals surface area contributed by atoms with Crippen LogP contribution in [0.15, 0.2) is 12.3 Å². The van der Waals surface area contributed by atoms with Crippen molar-refractivity contribution in [3.63, 3.8) is 0 Å². The van der Waals surface area contributed by atoms with Gasteiger partial charge in [0.15, 0.2) is 4.96 Å². The minimum Gasteiger partial charge on any atom is -0.335 e. The number of carbonyl (C=O) groups is 1. The van der Waals surface area contributed by atoms with E-state index >= 15 is 0 Å². The first-order valence-corrected chi connectivity index (χ1v) is 9.97. The SMILES string of the molecule is Cc1cn2c(CN(C)C(=O)c3cc4c(s3)CCCC4)c(C)nc2s1. The summed E-state index contributed by atoms with van der Waals surface area (Å²) in [7, 11) is 1.89. The molecule has 126 valence electrons. The number of carbonyl (C=O) groups excluding carboxylic acids is 1. The zero-order chi connectivity index (χ0) is 16.8. The highest BCUT2D eigenvalue weighted by Crippen LogP contribution is 2.30. The van der Waals surface area contributed by atoms with E-state index in [-0.39, 0.29) is 5.91 Å². The molecule has 0 radical (unpaired) electrons. The van der Waals surface area contributed by atoms with Crippen LogP contribution >= 0.6 is 22.7 Å². The Morgan fingerprint density at radius 3 is 2.88 bits per heavy atom. The minimum atomic E-state index is 0.121. The first-order valence-electron chi connectivity index (χ1n) is 8.34. The van der Waals surface area contributed by atoms with Crippen LogP contribution in [0.3, 0.4) is 0 Å². The van der Waals surface area contributed by atoms with E-state index in [0.717, 1.165) is 34.1 Å². The Morgan fingerprint density at radius 1 is 1.29 bits per heavy atom. The first-order chi connectivity index (χ1) is 11.5. The van der Waals surface area contributed by atoms with Crippen LogP contribution in [0.5, 0.6) is 0 Å². The summed E-state index contributed by atoms with van der Waals surface area (Å²) in [5.41, 5.74) is 3.50. The van der Waals surface area contributed by atoms with E-state index in [0.29, 0.717) is 6.54 Å². The minimum absolute atomic E-state index is 0.121. The van der Waals surface area contributed by atoms with Gasteiger partial charge in [0.1, 0.15) is 0 Å². The summed E-state index contributed by atoms with van der Waals surface area (Å²) in [6, 6.07) is 2.12. The molecule has 0 aliphatic heterocycles. The fourth-order valence-corrected chi connectivity index (χ4v) is 5.52. The molecule has 4 nitrogen and oxygen atoms in total. The summed E-state index contributed by atoms with van der Waals surface area (Å²) < 4.78 is 2.12. The monoisotopic (exact) mass is 359 g/mol. The summed E-state index contributed by atoms with van der Waals surface area (Å²) in [6.45, 7) is 4.70. The molecule has 0 aromatic carbocycles. The van der Waals surface area contributed by atoms with Crippen molar-refractivity contribution in [3.05, 3.63) is 43.8 Å². The Bertz CT molecular complexity index is 895. The zero-order valence-electron chi connectivity index (χ0n) is 14.3. The third-order valence-electron chi connectivity index (χ3n) is 4.68. The van der Waals surface area contributed by atoms with Gasteiger partial charge in [0, 0.05) is 23.0 Å². The molecule has 1 aliphatic rings. The van der Waals surface area contributed by atoms with Crippen molar-refractivity contribution in [1.82, 2.24) is 14.3 Å². The van der Waals surface area contributed by atoms with Gasteiger partial charge in [0.2, 0.25) is 0 Å². The number of hydrogen-bond donors (Lipinski definition) is 0. The second-order valence-corrected chi connectivity index (χ2v) is 8.92. The maximum absolute atomic E-state index is 12.9. The molecule has 0 unspecified atom stereocenters. The average Bonchev–Trinajstić information content (AvgIpc) is 3.21. The standard InChI is InChI=1S/C18H21N3OS2/c1-11-9-21-14(12(2)19-18(21)23-11)10-20(3)17(22)16-8-13-6-4-5-7-15(13)24-16/h8-9H,4-7,10H2,1-3H3. The molecule has 6 heteroatoms. The molecule has 4 rings (SSSR count). The number of fused-ring (bicyclic) bond motifs is 2. The number of thiazole rings is 1. The number of imidazole rings is 1. The van der Waals surface area contributed by atoms with Gasteiger partial charge >= 0.3 is 0 Å². The van der Waals surface area contributed by atoms with Gasteiger partial charge in [-0.15, -0.1) is 22.7 Å². The van der Waals surface area contributed by atoms with Crippen molar-refractivity contribution < 1.29 is 4.79 Å². The van der Waals surface area contributed by atoms with Crippen LogP contribution in [0.4, 0.5) is 0 Å². The third-order valence-corrected chi connectivity index (χ3v) is 6.81. The molecule has 0 fully saturated rings. The molecule has 0 atom stereocenters. The molecule has 0 bridgehead atoms. The van der Waals surface area contributed by atoms with Crippen molar-refractivity contribution in [2.45, 2.75) is 46.1 Å². The van der Waals surface area contributed by atoms with Crippen molar-refractivity contribution in [2.24, 2.45) is 0 Å². The summed E-state index contributed by atoms with van der Waals surface area (Å²) in [4.78, 5) is 23.8. The van der Waals surface area contributed by atoms with Crippen molar-refractivity contribution >= 4 is 33.5 Å². The quantitative estimate of drug-likeness (QED) is 0.702. The van der Waals surface area contributed by atoms with Crippen LogP contribution in [0.2, 0.25) is 0 Å². The van der Waals surface area contributed by atoms with Crippen molar-refractivity contribution in [2.75, 3.05) is 7.05 Å². The summed E-state index contributed by atoms with van der Waals surface area (Å²) in [5.74, 6) is 0.121. The van der Waals surface area contributed by atoms with Crippen molar-refractivity contribution in [3.8, 4) is 0 Å². The predicted octanol–water partition coefficient (Wildman–Crippen LogP) is 4.23. The highest BCUT2D eigenvalue weighted by atomic mass is 32.1. The van der Waals surface area contributed by atoms with Gasteiger partial charge in [0.25, 0.3) is 5.91 Å². The van der Waals surface area contributed by atoms with E-state index in [1.54, 1.807) is 22.7 Å². The van der Waals surface area contributed by atoms with Gasteiger partial charge in [-0.05, 0) is 51.2 Å². The summed E-state index contributed by atoms with van der Waals surface area (Å²) in [6.07, 6.45) is 6.86. The maximum Gasteiger partial charge on any atom is 0.264 e. The number of hydrogen-bond acceptors (Lipinski definition) is 4. The fourth-order valence-electron chi connectivity index (χ4n) is 3.38. The lowest BCUT2D eigenvalue weighted by molar-refractivity contribution is 0.0787. The Hall–Kier alpha value is -1.66. The number of rotatable bonds is 3. The molecular formula is C18H21N3OS2. The number of aryl methyl sites for hydroxylation is 4. The average molecular weight is 360 g/mol. The zero-order valence-corrected chi connectivity index (χ0v) is 15.9. The van der Waals surface area contributed by atoms with Crippen LogP contribution in [0, 0.1) is 13.8 Å². The fraction of sp³-hybridized carbons (Fsp3) is 0.444. The van der Waals surface area contributed by atoms with Gasteiger partial charge in [-0.25, -0.2) is 4.98 Å². The van der Waals surface area contributed by atoms with Gasteiger partial charge in [-0.2, -0.15) is 0 Å². The molecule has 3 heterocycles. The molecule has 1 aliphatic carbocycles. The molecule has 3 aromatic rings. The number of aromatic nitrogens is 2.